The number of carbonyl (C=O) groups excluding carboxylic acids is 3. The van der Waals surface area contributed by atoms with Crippen molar-refractivity contribution in [3.05, 3.63) is 75.4 Å². The Bertz CT molecular complexity index is 1410. The number of aromatic nitrogens is 1. The molecule has 2 aliphatic heterocycles. The molecular formula is C29H31ClN4O4S. The van der Waals surface area contributed by atoms with E-state index in [1.165, 1.54) is 4.90 Å². The average Bonchev–Trinajstić information content (AvgIpc) is 3.59. The van der Waals surface area contributed by atoms with Crippen molar-refractivity contribution in [1.82, 2.24) is 20.1 Å². The number of carbonyl (C=O) groups is 3. The Hall–Kier alpha value is -3.27. The Morgan fingerprint density at radius 1 is 1.21 bits per heavy atom. The molecule has 1 aromatic heterocycles. The molecule has 10 heteroatoms. The minimum atomic E-state index is -0.817. The largest absolute Gasteiger partial charge is 0.391 e. The van der Waals surface area contributed by atoms with Crippen LogP contribution in [0.4, 0.5) is 0 Å². The third-order valence-electron chi connectivity index (χ3n) is 7.41. The van der Waals surface area contributed by atoms with Crippen LogP contribution in [0.1, 0.15) is 47.4 Å². The summed E-state index contributed by atoms with van der Waals surface area (Å²) in [5.41, 5.74) is 6.10. The zero-order valence-electron chi connectivity index (χ0n) is 22.1. The van der Waals surface area contributed by atoms with E-state index in [0.29, 0.717) is 17.1 Å². The van der Waals surface area contributed by atoms with E-state index in [4.69, 9.17) is 11.6 Å². The number of benzene rings is 2. The Kier molecular flexibility index (Phi) is 7.75. The molecule has 2 aromatic carbocycles. The molecule has 204 valence electrons. The second-order valence-electron chi connectivity index (χ2n) is 10.5. The lowest BCUT2D eigenvalue weighted by Gasteiger charge is -2.35. The van der Waals surface area contributed by atoms with E-state index < -0.39 is 18.2 Å². The molecule has 3 atom stereocenters. The number of nitrogens with one attached hydrogen (secondary N) is 1. The van der Waals surface area contributed by atoms with Gasteiger partial charge in [0.1, 0.15) is 12.1 Å². The van der Waals surface area contributed by atoms with Crippen molar-refractivity contribution in [2.75, 3.05) is 6.54 Å². The molecule has 0 unspecified atom stereocenters. The number of halogens is 1. The number of aryl methyl sites for hydroxylation is 1. The van der Waals surface area contributed by atoms with Gasteiger partial charge in [-0.1, -0.05) is 49.7 Å². The summed E-state index contributed by atoms with van der Waals surface area (Å²) in [6.45, 7) is 6.34. The smallest absolute Gasteiger partial charge is 0.255 e. The Balaban J connectivity index is 1.28. The van der Waals surface area contributed by atoms with E-state index in [-0.39, 0.29) is 43.1 Å². The third-order valence-corrected chi connectivity index (χ3v) is 8.63. The van der Waals surface area contributed by atoms with E-state index in [1.54, 1.807) is 34.4 Å². The summed E-state index contributed by atoms with van der Waals surface area (Å²) in [6, 6.07) is 11.4. The molecule has 3 heterocycles. The van der Waals surface area contributed by atoms with Gasteiger partial charge in [0.05, 0.1) is 22.2 Å². The summed E-state index contributed by atoms with van der Waals surface area (Å²) in [6.07, 6.45) is -0.666. The number of aliphatic hydroxyl groups excluding tert-OH is 1. The number of thiazole rings is 1. The quantitative estimate of drug-likeness (QED) is 0.449. The van der Waals surface area contributed by atoms with Crippen molar-refractivity contribution in [1.29, 1.82) is 0 Å². The molecule has 1 saturated heterocycles. The first-order valence-corrected chi connectivity index (χ1v) is 14.2. The lowest BCUT2D eigenvalue weighted by atomic mass is 10.0. The van der Waals surface area contributed by atoms with Gasteiger partial charge in [0, 0.05) is 36.6 Å². The van der Waals surface area contributed by atoms with Crippen molar-refractivity contribution in [3.63, 3.8) is 0 Å². The van der Waals surface area contributed by atoms with Crippen LogP contribution in [0.15, 0.2) is 48.0 Å². The Labute approximate surface area is 236 Å². The number of hydrogen-bond donors (Lipinski definition) is 2. The van der Waals surface area contributed by atoms with Crippen molar-refractivity contribution in [3.8, 4) is 10.4 Å². The number of aliphatic hydroxyl groups is 1. The molecule has 3 aromatic rings. The fraction of sp³-hybridized carbons (Fsp3) is 0.379. The highest BCUT2D eigenvalue weighted by Gasteiger charge is 2.45. The summed E-state index contributed by atoms with van der Waals surface area (Å²) < 4.78 is 0. The number of amides is 3. The highest BCUT2D eigenvalue weighted by atomic mass is 35.5. The van der Waals surface area contributed by atoms with Crippen LogP contribution < -0.4 is 5.32 Å². The van der Waals surface area contributed by atoms with E-state index in [2.05, 4.69) is 10.3 Å². The molecule has 0 saturated carbocycles. The minimum absolute atomic E-state index is 0.0455. The second-order valence-corrected chi connectivity index (χ2v) is 11.8. The standard InChI is InChI=1S/C29H31ClN4O4S/c1-16(2)25(34-13-20-10-21(30)8-9-23(20)28(34)37)29(38)33-14-22(35)11-24(33)27(36)31-12-18-4-6-19(7-5-18)26-17(3)32-15-39-26/h4-10,15-16,22,24-25,35H,11-14H2,1-3H3,(H,31,36)/t22-,24+,25+/m1/s1. The summed E-state index contributed by atoms with van der Waals surface area (Å²) in [5, 5.41) is 13.9. The molecule has 0 bridgehead atoms. The zero-order chi connectivity index (χ0) is 27.8. The molecule has 8 nitrogen and oxygen atoms in total. The van der Waals surface area contributed by atoms with E-state index in [9.17, 15) is 19.5 Å². The highest BCUT2D eigenvalue weighted by molar-refractivity contribution is 7.13. The third kappa shape index (κ3) is 5.44. The fourth-order valence-corrected chi connectivity index (χ4v) is 6.46. The molecular weight excluding hydrogens is 536 g/mol. The number of likely N-dealkylation sites (tertiary alicyclic amines) is 1. The molecule has 39 heavy (non-hydrogen) atoms. The Morgan fingerprint density at radius 2 is 1.95 bits per heavy atom. The second kappa shape index (κ2) is 11.1. The van der Waals surface area contributed by atoms with Crippen molar-refractivity contribution in [2.45, 2.75) is 58.5 Å². The van der Waals surface area contributed by atoms with Crippen LogP contribution in [-0.4, -0.2) is 62.3 Å². The van der Waals surface area contributed by atoms with Crippen molar-refractivity contribution >= 4 is 40.7 Å². The van der Waals surface area contributed by atoms with Gasteiger partial charge in [-0.2, -0.15) is 0 Å². The monoisotopic (exact) mass is 566 g/mol. The highest BCUT2D eigenvalue weighted by Crippen LogP contribution is 2.32. The number of fused-ring (bicyclic) bond motifs is 1. The molecule has 3 amide bonds. The van der Waals surface area contributed by atoms with Gasteiger partial charge in [-0.3, -0.25) is 14.4 Å². The van der Waals surface area contributed by atoms with Gasteiger partial charge in [-0.25, -0.2) is 4.98 Å². The van der Waals surface area contributed by atoms with E-state index in [0.717, 1.165) is 27.3 Å². The van der Waals surface area contributed by atoms with Crippen LogP contribution >= 0.6 is 22.9 Å². The van der Waals surface area contributed by atoms with Gasteiger partial charge in [-0.05, 0) is 47.7 Å². The zero-order valence-corrected chi connectivity index (χ0v) is 23.6. The fourth-order valence-electron chi connectivity index (χ4n) is 5.45. The van der Waals surface area contributed by atoms with E-state index >= 15 is 0 Å². The van der Waals surface area contributed by atoms with Crippen LogP contribution in [0.2, 0.25) is 5.02 Å². The molecule has 1 fully saturated rings. The summed E-state index contributed by atoms with van der Waals surface area (Å²) in [7, 11) is 0. The molecule has 0 aliphatic carbocycles. The maximum atomic E-state index is 13.9. The molecule has 5 rings (SSSR count). The van der Waals surface area contributed by atoms with Crippen LogP contribution in [0, 0.1) is 12.8 Å². The number of rotatable bonds is 7. The number of nitrogens with zero attached hydrogens (tertiary/aromatic N) is 3. The van der Waals surface area contributed by atoms with Crippen LogP contribution in [0.3, 0.4) is 0 Å². The summed E-state index contributed by atoms with van der Waals surface area (Å²) >= 11 is 7.71. The summed E-state index contributed by atoms with van der Waals surface area (Å²) in [5.74, 6) is -1.09. The van der Waals surface area contributed by atoms with Crippen molar-refractivity contribution < 1.29 is 19.5 Å². The lowest BCUT2D eigenvalue weighted by Crippen LogP contribution is -2.55. The van der Waals surface area contributed by atoms with Gasteiger partial charge in [0.15, 0.2) is 0 Å². The number of hydrogen-bond acceptors (Lipinski definition) is 6. The van der Waals surface area contributed by atoms with Crippen molar-refractivity contribution in [2.24, 2.45) is 5.92 Å². The van der Waals surface area contributed by atoms with Crippen LogP contribution in [0.5, 0.6) is 0 Å². The first-order valence-electron chi connectivity index (χ1n) is 13.0. The maximum absolute atomic E-state index is 13.9. The molecule has 2 N–H and O–H groups in total. The van der Waals surface area contributed by atoms with Crippen LogP contribution in [0.25, 0.3) is 10.4 Å². The SMILES string of the molecule is Cc1ncsc1-c1ccc(CNC(=O)[C@@H]2C[C@@H](O)CN2C(=O)[C@H](C(C)C)N2Cc3cc(Cl)ccc3C2=O)cc1. The van der Waals surface area contributed by atoms with Gasteiger partial charge < -0.3 is 20.2 Å². The molecule has 2 aliphatic rings. The maximum Gasteiger partial charge on any atom is 0.255 e. The lowest BCUT2D eigenvalue weighted by molar-refractivity contribution is -0.143. The predicted molar refractivity (Wildman–Crippen MR) is 150 cm³/mol. The first kappa shape index (κ1) is 27.3. The molecule has 0 spiro atoms. The van der Waals surface area contributed by atoms with Gasteiger partial charge in [0.25, 0.3) is 5.91 Å². The first-order chi connectivity index (χ1) is 18.6. The molecule has 0 radical (unpaired) electrons. The van der Waals surface area contributed by atoms with Gasteiger partial charge >= 0.3 is 0 Å². The number of β-amino-alcohol motifs (C(OH)–C–C–N with tert-alkyl or cyclic N) is 1. The van der Waals surface area contributed by atoms with Crippen LogP contribution in [-0.2, 0) is 22.7 Å². The summed E-state index contributed by atoms with van der Waals surface area (Å²) in [4.78, 5) is 48.7. The predicted octanol–water partition coefficient (Wildman–Crippen LogP) is 4.03. The van der Waals surface area contributed by atoms with E-state index in [1.807, 2.05) is 50.5 Å². The topological polar surface area (TPSA) is 103 Å². The Morgan fingerprint density at radius 3 is 2.62 bits per heavy atom. The minimum Gasteiger partial charge on any atom is -0.391 e. The van der Waals surface area contributed by atoms with Gasteiger partial charge in [-0.15, -0.1) is 11.3 Å². The normalized spacial score (nSPS) is 19.5. The average molecular weight is 567 g/mol. The van der Waals surface area contributed by atoms with Gasteiger partial charge in [0.2, 0.25) is 11.8 Å².